The van der Waals surface area contributed by atoms with Gasteiger partial charge in [0.2, 0.25) is 0 Å². The van der Waals surface area contributed by atoms with Gasteiger partial charge in [0.05, 0.1) is 4.92 Å². The molecule has 0 aliphatic carbocycles. The number of nitro benzene ring substituents is 1. The van der Waals surface area contributed by atoms with Crippen LogP contribution in [0.15, 0.2) is 29.8 Å². The number of hydrogen-bond donors (Lipinski definition) is 2. The summed E-state index contributed by atoms with van der Waals surface area (Å²) in [7, 11) is 0. The summed E-state index contributed by atoms with van der Waals surface area (Å²) < 4.78 is 0. The molecule has 0 radical (unpaired) electrons. The molecule has 0 saturated heterocycles. The minimum Gasteiger partial charge on any atom is -0.348 e. The number of nitro groups is 1. The Kier molecular flexibility index (Phi) is 4.47. The maximum atomic E-state index is 12.0. The first-order valence-electron chi connectivity index (χ1n) is 6.49. The van der Waals surface area contributed by atoms with Crippen molar-refractivity contribution in [3.05, 3.63) is 51.1 Å². The third kappa shape index (κ3) is 3.64. The van der Waals surface area contributed by atoms with E-state index in [9.17, 15) is 14.9 Å². The maximum Gasteiger partial charge on any atom is 0.270 e. The normalized spacial score (nSPS) is 14.6. The number of rotatable bonds is 4. The number of nitrogens with one attached hydrogen (secondary N) is 2. The van der Waals surface area contributed by atoms with E-state index in [1.807, 2.05) is 0 Å². The molecule has 1 aromatic carbocycles. The zero-order chi connectivity index (χ0) is 14.5. The summed E-state index contributed by atoms with van der Waals surface area (Å²) in [4.78, 5) is 22.3. The Balaban J connectivity index is 2.05. The Morgan fingerprint density at radius 3 is 2.90 bits per heavy atom. The molecule has 6 heteroatoms. The molecule has 1 amide bonds. The smallest absolute Gasteiger partial charge is 0.270 e. The molecule has 0 aromatic heterocycles. The van der Waals surface area contributed by atoms with Crippen LogP contribution >= 0.6 is 0 Å². The molecule has 0 fully saturated rings. The molecule has 2 N–H and O–H groups in total. The van der Waals surface area contributed by atoms with Gasteiger partial charge in [0.1, 0.15) is 0 Å². The Morgan fingerprint density at radius 2 is 2.25 bits per heavy atom. The standard InChI is InChI=1S/C14H17N3O3/c1-10-6-12(8-13(7-10)17(19)20)14(18)16-9-11-2-4-15-5-3-11/h2,6-8,15H,3-5,9H2,1H3,(H,16,18). The molecule has 0 unspecified atom stereocenters. The van der Waals surface area contributed by atoms with Gasteiger partial charge < -0.3 is 10.6 Å². The SMILES string of the molecule is Cc1cc(C(=O)NCC2=CCNCC2)cc([N+](=O)[O-])c1. The number of hydrogen-bond acceptors (Lipinski definition) is 4. The Morgan fingerprint density at radius 1 is 1.45 bits per heavy atom. The highest BCUT2D eigenvalue weighted by Crippen LogP contribution is 2.16. The molecule has 1 aliphatic heterocycles. The topological polar surface area (TPSA) is 84.3 Å². The van der Waals surface area contributed by atoms with Crippen LogP contribution in [0.1, 0.15) is 22.3 Å². The van der Waals surface area contributed by atoms with Crippen molar-refractivity contribution in [3.63, 3.8) is 0 Å². The first-order chi connectivity index (χ1) is 9.56. The molecular weight excluding hydrogens is 258 g/mol. The van der Waals surface area contributed by atoms with Gasteiger partial charge in [-0.05, 0) is 31.5 Å². The van der Waals surface area contributed by atoms with Crippen molar-refractivity contribution in [2.45, 2.75) is 13.3 Å². The Labute approximate surface area is 117 Å². The fraction of sp³-hybridized carbons (Fsp3) is 0.357. The van der Waals surface area contributed by atoms with Crippen molar-refractivity contribution in [1.82, 2.24) is 10.6 Å². The van der Waals surface area contributed by atoms with Gasteiger partial charge in [0.25, 0.3) is 11.6 Å². The van der Waals surface area contributed by atoms with E-state index in [2.05, 4.69) is 16.7 Å². The van der Waals surface area contributed by atoms with Crippen molar-refractivity contribution in [2.24, 2.45) is 0 Å². The highest BCUT2D eigenvalue weighted by atomic mass is 16.6. The summed E-state index contributed by atoms with van der Waals surface area (Å²) in [6.07, 6.45) is 2.97. The summed E-state index contributed by atoms with van der Waals surface area (Å²) >= 11 is 0. The quantitative estimate of drug-likeness (QED) is 0.496. The number of aryl methyl sites for hydroxylation is 1. The van der Waals surface area contributed by atoms with E-state index in [0.29, 0.717) is 17.7 Å². The van der Waals surface area contributed by atoms with E-state index in [1.54, 1.807) is 13.0 Å². The summed E-state index contributed by atoms with van der Waals surface area (Å²) in [5, 5.41) is 16.8. The molecule has 0 saturated carbocycles. The molecule has 1 aromatic rings. The van der Waals surface area contributed by atoms with E-state index >= 15 is 0 Å². The lowest BCUT2D eigenvalue weighted by atomic mass is 10.1. The first kappa shape index (κ1) is 14.2. The van der Waals surface area contributed by atoms with Crippen LogP contribution in [0.4, 0.5) is 5.69 Å². The number of benzene rings is 1. The second kappa shape index (κ2) is 6.29. The van der Waals surface area contributed by atoms with E-state index in [-0.39, 0.29) is 11.6 Å². The van der Waals surface area contributed by atoms with Gasteiger partial charge in [-0.3, -0.25) is 14.9 Å². The lowest BCUT2D eigenvalue weighted by molar-refractivity contribution is -0.384. The molecule has 0 spiro atoms. The summed E-state index contributed by atoms with van der Waals surface area (Å²) in [5.74, 6) is -0.281. The van der Waals surface area contributed by atoms with Crippen LogP contribution in [0.5, 0.6) is 0 Å². The minimum atomic E-state index is -0.487. The number of carbonyl (C=O) groups is 1. The van der Waals surface area contributed by atoms with Crippen LogP contribution < -0.4 is 10.6 Å². The molecule has 0 bridgehead atoms. The molecule has 1 heterocycles. The monoisotopic (exact) mass is 275 g/mol. The van der Waals surface area contributed by atoms with Crippen LogP contribution in [-0.4, -0.2) is 30.5 Å². The lowest BCUT2D eigenvalue weighted by Crippen LogP contribution is -2.29. The summed E-state index contributed by atoms with van der Waals surface area (Å²) in [6, 6.07) is 4.41. The lowest BCUT2D eigenvalue weighted by Gasteiger charge is -2.14. The first-order valence-corrected chi connectivity index (χ1v) is 6.49. The molecule has 1 aliphatic rings. The molecule has 20 heavy (non-hydrogen) atoms. The van der Waals surface area contributed by atoms with Crippen LogP contribution in [0.2, 0.25) is 0 Å². The van der Waals surface area contributed by atoms with Gasteiger partial charge in [-0.25, -0.2) is 0 Å². The second-order valence-corrected chi connectivity index (χ2v) is 4.81. The molecule has 2 rings (SSSR count). The molecule has 6 nitrogen and oxygen atoms in total. The number of non-ortho nitro benzene ring substituents is 1. The second-order valence-electron chi connectivity index (χ2n) is 4.81. The minimum absolute atomic E-state index is 0.0590. The number of nitrogens with zero attached hydrogens (tertiary/aromatic N) is 1. The van der Waals surface area contributed by atoms with Gasteiger partial charge >= 0.3 is 0 Å². The third-order valence-electron chi connectivity index (χ3n) is 3.17. The van der Waals surface area contributed by atoms with Crippen molar-refractivity contribution >= 4 is 11.6 Å². The van der Waals surface area contributed by atoms with Gasteiger partial charge in [0, 0.05) is 30.8 Å². The van der Waals surface area contributed by atoms with Crippen LogP contribution in [0.3, 0.4) is 0 Å². The molecular formula is C14H17N3O3. The zero-order valence-electron chi connectivity index (χ0n) is 11.3. The fourth-order valence-electron chi connectivity index (χ4n) is 2.13. The summed E-state index contributed by atoms with van der Waals surface area (Å²) in [6.45, 7) is 3.96. The predicted molar refractivity (Wildman–Crippen MR) is 75.7 cm³/mol. The van der Waals surface area contributed by atoms with Gasteiger partial charge in [-0.15, -0.1) is 0 Å². The van der Waals surface area contributed by atoms with E-state index in [4.69, 9.17) is 0 Å². The zero-order valence-corrected chi connectivity index (χ0v) is 11.3. The van der Waals surface area contributed by atoms with E-state index in [1.165, 1.54) is 17.7 Å². The van der Waals surface area contributed by atoms with Crippen LogP contribution in [0.25, 0.3) is 0 Å². The highest BCUT2D eigenvalue weighted by Gasteiger charge is 2.13. The van der Waals surface area contributed by atoms with Gasteiger partial charge in [-0.1, -0.05) is 11.6 Å². The van der Waals surface area contributed by atoms with Crippen LogP contribution in [0, 0.1) is 17.0 Å². The average Bonchev–Trinajstić information content (AvgIpc) is 2.45. The highest BCUT2D eigenvalue weighted by molar-refractivity contribution is 5.95. The largest absolute Gasteiger partial charge is 0.348 e. The van der Waals surface area contributed by atoms with Gasteiger partial charge in [-0.2, -0.15) is 0 Å². The predicted octanol–water partition coefficient (Wildman–Crippen LogP) is 1.55. The van der Waals surface area contributed by atoms with Crippen LogP contribution in [-0.2, 0) is 0 Å². The third-order valence-corrected chi connectivity index (χ3v) is 3.17. The summed E-state index contributed by atoms with van der Waals surface area (Å²) in [5.41, 5.74) is 2.15. The van der Waals surface area contributed by atoms with Crippen molar-refractivity contribution in [1.29, 1.82) is 0 Å². The number of carbonyl (C=O) groups excluding carboxylic acids is 1. The van der Waals surface area contributed by atoms with Crippen molar-refractivity contribution in [2.75, 3.05) is 19.6 Å². The van der Waals surface area contributed by atoms with Crippen molar-refractivity contribution in [3.8, 4) is 0 Å². The Bertz CT molecular complexity index is 567. The molecule has 106 valence electrons. The van der Waals surface area contributed by atoms with E-state index in [0.717, 1.165) is 19.5 Å². The fourth-order valence-corrected chi connectivity index (χ4v) is 2.13. The Hall–Kier alpha value is -2.21. The average molecular weight is 275 g/mol. The van der Waals surface area contributed by atoms with Crippen molar-refractivity contribution < 1.29 is 9.72 Å². The van der Waals surface area contributed by atoms with E-state index < -0.39 is 4.92 Å². The maximum absolute atomic E-state index is 12.0. The van der Waals surface area contributed by atoms with Gasteiger partial charge in [0.15, 0.2) is 0 Å². The molecule has 0 atom stereocenters. The number of amides is 1.